The van der Waals surface area contributed by atoms with Crippen LogP contribution in [-0.2, 0) is 9.59 Å². The van der Waals surface area contributed by atoms with Crippen LogP contribution in [-0.4, -0.2) is 56.4 Å². The Morgan fingerprint density at radius 2 is 1.71 bits per heavy atom. The fraction of sp³-hybridized carbons (Fsp3) is 0.394. The first-order chi connectivity index (χ1) is 19.8. The van der Waals surface area contributed by atoms with E-state index in [2.05, 4.69) is 51.8 Å². The minimum absolute atomic E-state index is 0.165. The van der Waals surface area contributed by atoms with Crippen molar-refractivity contribution in [1.82, 2.24) is 15.2 Å². The molecule has 9 heteroatoms. The maximum Gasteiger partial charge on any atom is 0.211 e. The molecular weight excluding hydrogens is 566 g/mol. The monoisotopic (exact) mass is 620 g/mol. The van der Waals surface area contributed by atoms with Gasteiger partial charge in [0.15, 0.2) is 0 Å². The molecule has 4 N–H and O–H groups in total. The van der Waals surface area contributed by atoms with Crippen molar-refractivity contribution in [2.45, 2.75) is 54.4 Å². The summed E-state index contributed by atoms with van der Waals surface area (Å²) in [4.78, 5) is 25.2. The van der Waals surface area contributed by atoms with Crippen LogP contribution in [0.5, 0.6) is 0 Å². The summed E-state index contributed by atoms with van der Waals surface area (Å²) in [6.45, 7) is 16.0. The van der Waals surface area contributed by atoms with Crippen molar-refractivity contribution in [2.24, 2.45) is 5.73 Å². The molecule has 1 aromatic rings. The number of aromatic amines is 1. The Balaban J connectivity index is -0.00000109. The van der Waals surface area contributed by atoms with Crippen LogP contribution in [0.2, 0.25) is 0 Å². The number of carbonyl (C=O) groups excluding carboxylic acids is 2. The zero-order valence-electron chi connectivity index (χ0n) is 27.5. The lowest BCUT2D eigenvalue weighted by Gasteiger charge is -2.17. The van der Waals surface area contributed by atoms with Gasteiger partial charge in [0, 0.05) is 29.1 Å². The van der Waals surface area contributed by atoms with Gasteiger partial charge in [0.2, 0.25) is 12.8 Å². The summed E-state index contributed by atoms with van der Waals surface area (Å²) in [6.07, 6.45) is 18.4. The van der Waals surface area contributed by atoms with Gasteiger partial charge in [-0.25, -0.2) is 4.39 Å². The Kier molecular flexibility index (Phi) is 27.9. The molecule has 42 heavy (non-hydrogen) atoms. The van der Waals surface area contributed by atoms with E-state index in [9.17, 15) is 9.18 Å². The molecular formula is C33H54FN4O2PS. The van der Waals surface area contributed by atoms with Gasteiger partial charge >= 0.3 is 0 Å². The van der Waals surface area contributed by atoms with Gasteiger partial charge in [0.25, 0.3) is 0 Å². The van der Waals surface area contributed by atoms with E-state index in [1.165, 1.54) is 17.2 Å². The molecule has 0 aromatic carbocycles. The van der Waals surface area contributed by atoms with Gasteiger partial charge in [0.1, 0.15) is 5.83 Å². The Bertz CT molecular complexity index is 1140. The van der Waals surface area contributed by atoms with Crippen molar-refractivity contribution >= 4 is 39.9 Å². The lowest BCUT2D eigenvalue weighted by molar-refractivity contribution is -0.109. The van der Waals surface area contributed by atoms with E-state index in [-0.39, 0.29) is 18.7 Å². The van der Waals surface area contributed by atoms with Gasteiger partial charge in [0.05, 0.1) is 0 Å². The molecule has 0 aliphatic heterocycles. The number of H-pyrrole nitrogens is 1. The highest BCUT2D eigenvalue weighted by Crippen LogP contribution is 2.32. The van der Waals surface area contributed by atoms with Crippen LogP contribution in [0.3, 0.4) is 0 Å². The van der Waals surface area contributed by atoms with Gasteiger partial charge in [-0.15, -0.1) is 9.24 Å². The molecule has 1 aromatic heterocycles. The molecule has 236 valence electrons. The van der Waals surface area contributed by atoms with E-state index in [0.717, 1.165) is 33.4 Å². The number of nitrogens with zero attached hydrogens (tertiary/aromatic N) is 1. The van der Waals surface area contributed by atoms with Gasteiger partial charge in [-0.2, -0.15) is 11.8 Å². The molecule has 1 atom stereocenters. The van der Waals surface area contributed by atoms with Crippen LogP contribution in [0, 0.1) is 20.8 Å². The summed E-state index contributed by atoms with van der Waals surface area (Å²) in [6, 6.07) is 0. The van der Waals surface area contributed by atoms with Crippen LogP contribution in [0.1, 0.15) is 56.1 Å². The van der Waals surface area contributed by atoms with Crippen molar-refractivity contribution in [3.63, 3.8) is 0 Å². The van der Waals surface area contributed by atoms with Crippen LogP contribution in [0.4, 0.5) is 4.39 Å². The Hall–Kier alpha value is -2.93. The molecule has 1 heterocycles. The molecule has 0 saturated carbocycles. The molecule has 2 amide bonds. The van der Waals surface area contributed by atoms with Crippen LogP contribution >= 0.6 is 21.0 Å². The van der Waals surface area contributed by atoms with Crippen molar-refractivity contribution in [3.05, 3.63) is 99.1 Å². The highest BCUT2D eigenvalue weighted by molar-refractivity contribution is 7.97. The van der Waals surface area contributed by atoms with Gasteiger partial charge in [-0.1, -0.05) is 50.3 Å². The van der Waals surface area contributed by atoms with E-state index in [4.69, 9.17) is 4.79 Å². The number of allylic oxidation sites excluding steroid dienone is 10. The SMILES string of the molecule is C=C(P)/C=C\C=C(\F)CC1=C(/C(C)=C/c2[nH]c(C)c(C)c2C)C(NC=O)=CC=CC1.CC.CN(C)C.CSC.NC=O. The Morgan fingerprint density at radius 3 is 2.14 bits per heavy atom. The summed E-state index contributed by atoms with van der Waals surface area (Å²) in [5.41, 5.74) is 12.1. The second-order valence-electron chi connectivity index (χ2n) is 9.30. The van der Waals surface area contributed by atoms with E-state index in [1.54, 1.807) is 23.9 Å². The summed E-state index contributed by atoms with van der Waals surface area (Å²) in [5, 5.41) is 3.56. The minimum atomic E-state index is -0.249. The topological polar surface area (TPSA) is 91.2 Å². The lowest BCUT2D eigenvalue weighted by atomic mass is 9.93. The number of carbonyl (C=O) groups is 2. The lowest BCUT2D eigenvalue weighted by Crippen LogP contribution is -2.14. The Labute approximate surface area is 261 Å². The maximum absolute atomic E-state index is 14.6. The molecule has 1 aliphatic carbocycles. The number of aromatic nitrogens is 1. The largest absolute Gasteiger partial charge is 0.372 e. The van der Waals surface area contributed by atoms with Crippen LogP contribution in [0.25, 0.3) is 6.08 Å². The summed E-state index contributed by atoms with van der Waals surface area (Å²) >= 11 is 1.75. The summed E-state index contributed by atoms with van der Waals surface area (Å²) in [7, 11) is 8.47. The maximum atomic E-state index is 14.6. The third-order valence-corrected chi connectivity index (χ3v) is 5.37. The van der Waals surface area contributed by atoms with Crippen molar-refractivity contribution in [1.29, 1.82) is 0 Å². The first-order valence-corrected chi connectivity index (χ1v) is 15.8. The molecule has 0 spiro atoms. The first-order valence-electron chi connectivity index (χ1n) is 13.6. The van der Waals surface area contributed by atoms with Crippen molar-refractivity contribution in [3.8, 4) is 0 Å². The number of amides is 2. The molecule has 1 unspecified atom stereocenters. The molecule has 2 rings (SSSR count). The zero-order valence-corrected chi connectivity index (χ0v) is 29.5. The quantitative estimate of drug-likeness (QED) is 0.158. The number of halogens is 1. The van der Waals surface area contributed by atoms with Gasteiger partial charge < -0.3 is 20.9 Å². The molecule has 0 saturated heterocycles. The average molecular weight is 621 g/mol. The molecule has 0 bridgehead atoms. The standard InChI is InChI=1S/C25H30FN2OP.C3H9N.C2H6S.C2H6.CH3NO/c1-16(13-24-19(4)18(3)20(5)28-24)25-21(10-6-7-12-23(25)27-15-29)14-22(26)11-8-9-17(2)30;1-4(2)3;1-3-2;1-2;2-1-3/h6-9,11-13,15,28H,2,10,14,30H2,1,3-5H3,(H,27,29);1-3H3;1-2H3;1-2H3;1H,(H2,2,3)/b9-8-,16-13+,22-11+;;;;. The second-order valence-corrected chi connectivity index (χ2v) is 10.9. The number of aryl methyl sites for hydroxylation is 1. The second kappa shape index (κ2) is 26.9. The highest BCUT2D eigenvalue weighted by Gasteiger charge is 2.17. The van der Waals surface area contributed by atoms with Gasteiger partial charge in [-0.05, 0) is 108 Å². The van der Waals surface area contributed by atoms with E-state index in [1.807, 2.05) is 84.5 Å². The van der Waals surface area contributed by atoms with E-state index >= 15 is 0 Å². The number of nitrogens with one attached hydrogen (secondary N) is 2. The average Bonchev–Trinajstić information content (AvgIpc) is 3.04. The van der Waals surface area contributed by atoms with Crippen molar-refractivity contribution in [2.75, 3.05) is 33.7 Å². The number of primary amides is 1. The first kappa shape index (κ1) is 43.5. The van der Waals surface area contributed by atoms with Crippen LogP contribution in [0.15, 0.2) is 76.6 Å². The summed E-state index contributed by atoms with van der Waals surface area (Å²) < 4.78 is 14.6. The third kappa shape index (κ3) is 20.0. The summed E-state index contributed by atoms with van der Waals surface area (Å²) in [5.74, 6) is -0.249. The number of hydrogen-bond donors (Lipinski definition) is 3. The van der Waals surface area contributed by atoms with Gasteiger partial charge in [-0.3, -0.25) is 9.59 Å². The Morgan fingerprint density at radius 1 is 1.19 bits per heavy atom. The van der Waals surface area contributed by atoms with E-state index in [0.29, 0.717) is 18.5 Å². The molecule has 1 aliphatic rings. The molecule has 0 radical (unpaired) electrons. The smallest absolute Gasteiger partial charge is 0.211 e. The number of thioether (sulfide) groups is 1. The predicted octanol–water partition coefficient (Wildman–Crippen LogP) is 7.70. The minimum Gasteiger partial charge on any atom is -0.372 e. The van der Waals surface area contributed by atoms with E-state index < -0.39 is 0 Å². The normalized spacial score (nSPS) is 12.8. The molecule has 0 fully saturated rings. The number of hydrogen-bond acceptors (Lipinski definition) is 4. The third-order valence-electron chi connectivity index (χ3n) is 5.18. The number of nitrogens with two attached hydrogens (primary N) is 1. The fourth-order valence-corrected chi connectivity index (χ4v) is 3.54. The molecule has 6 nitrogen and oxygen atoms in total. The van der Waals surface area contributed by atoms with Crippen LogP contribution < -0.4 is 11.1 Å². The zero-order chi connectivity index (χ0) is 33.3. The highest BCUT2D eigenvalue weighted by atomic mass is 32.2. The fourth-order valence-electron chi connectivity index (χ4n) is 3.43. The predicted molar refractivity (Wildman–Crippen MR) is 189 cm³/mol. The van der Waals surface area contributed by atoms with Crippen molar-refractivity contribution < 1.29 is 14.0 Å². The number of rotatable bonds is 8.